The van der Waals surface area contributed by atoms with Crippen LogP contribution in [0.5, 0.6) is 5.75 Å². The molecule has 0 bridgehead atoms. The molecule has 0 aromatic heterocycles. The summed E-state index contributed by atoms with van der Waals surface area (Å²) in [4.78, 5) is 29.9. The molecule has 5 nitrogen and oxygen atoms in total. The monoisotopic (exact) mass is 414 g/mol. The number of carbonyl (C=O) groups excluding carboxylic acids is 2. The summed E-state index contributed by atoms with van der Waals surface area (Å²) in [5.41, 5.74) is 0.599. The van der Waals surface area contributed by atoms with E-state index in [-0.39, 0.29) is 23.8 Å². The van der Waals surface area contributed by atoms with Crippen LogP contribution in [-0.4, -0.2) is 54.4 Å². The van der Waals surface area contributed by atoms with Crippen LogP contribution in [0.3, 0.4) is 0 Å². The number of amides is 2. The first-order valence-electron chi connectivity index (χ1n) is 11.7. The van der Waals surface area contributed by atoms with Crippen LogP contribution < -0.4 is 4.74 Å². The zero-order valence-corrected chi connectivity index (χ0v) is 18.9. The molecule has 3 rings (SSSR count). The highest BCUT2D eigenvalue weighted by atomic mass is 16.5. The molecule has 0 radical (unpaired) electrons. The van der Waals surface area contributed by atoms with E-state index in [2.05, 4.69) is 18.7 Å². The standard InChI is InChI=1S/C25H38N2O3/c1-19(2)22-18-30-23-13-7-6-12-21(23)25(29)26(3)16-8-9-17-27(22)24(28)15-14-20-10-4-5-11-20/h6-7,12-13,19-20,22H,4-5,8-11,14-18H2,1-3H3/t22-/m1/s1. The second kappa shape index (κ2) is 10.8. The number of para-hydroxylation sites is 1. The van der Waals surface area contributed by atoms with Crippen molar-refractivity contribution in [2.75, 3.05) is 26.7 Å². The van der Waals surface area contributed by atoms with E-state index < -0.39 is 0 Å². The average Bonchev–Trinajstić information content (AvgIpc) is 3.26. The van der Waals surface area contributed by atoms with Gasteiger partial charge in [0.2, 0.25) is 5.91 Å². The Hall–Kier alpha value is -2.04. The number of nitrogens with zero attached hydrogens (tertiary/aromatic N) is 2. The normalized spacial score (nSPS) is 21.7. The fraction of sp³-hybridized carbons (Fsp3) is 0.680. The van der Waals surface area contributed by atoms with Crippen molar-refractivity contribution in [2.45, 2.75) is 71.3 Å². The van der Waals surface area contributed by atoms with Crippen molar-refractivity contribution in [1.29, 1.82) is 0 Å². The van der Waals surface area contributed by atoms with Crippen LogP contribution in [0.4, 0.5) is 0 Å². The zero-order chi connectivity index (χ0) is 21.5. The van der Waals surface area contributed by atoms with Crippen LogP contribution in [-0.2, 0) is 4.79 Å². The maximum atomic E-state index is 13.3. The third kappa shape index (κ3) is 5.77. The predicted molar refractivity (Wildman–Crippen MR) is 120 cm³/mol. The van der Waals surface area contributed by atoms with Gasteiger partial charge in [-0.1, -0.05) is 51.7 Å². The molecule has 1 aromatic rings. The molecule has 30 heavy (non-hydrogen) atoms. The largest absolute Gasteiger partial charge is 0.491 e. The van der Waals surface area contributed by atoms with E-state index in [1.165, 1.54) is 25.7 Å². The Morgan fingerprint density at radius 2 is 1.80 bits per heavy atom. The van der Waals surface area contributed by atoms with E-state index in [9.17, 15) is 9.59 Å². The van der Waals surface area contributed by atoms with Crippen molar-refractivity contribution < 1.29 is 14.3 Å². The Bertz CT molecular complexity index is 712. The lowest BCUT2D eigenvalue weighted by Gasteiger charge is -2.35. The molecule has 0 unspecified atom stereocenters. The fourth-order valence-corrected chi connectivity index (χ4v) is 4.77. The van der Waals surface area contributed by atoms with Gasteiger partial charge in [-0.15, -0.1) is 0 Å². The predicted octanol–water partition coefficient (Wildman–Crippen LogP) is 4.75. The van der Waals surface area contributed by atoms with Crippen molar-refractivity contribution in [3.63, 3.8) is 0 Å². The van der Waals surface area contributed by atoms with Crippen LogP contribution in [0.1, 0.15) is 75.6 Å². The lowest BCUT2D eigenvalue weighted by molar-refractivity contribution is -0.135. The van der Waals surface area contributed by atoms with E-state index >= 15 is 0 Å². The molecule has 0 saturated heterocycles. The summed E-state index contributed by atoms with van der Waals surface area (Å²) in [6, 6.07) is 7.47. The summed E-state index contributed by atoms with van der Waals surface area (Å²) in [5, 5.41) is 0. The minimum atomic E-state index is -0.00299. The molecule has 2 amide bonds. The number of hydrogen-bond donors (Lipinski definition) is 0. The molecule has 0 N–H and O–H groups in total. The van der Waals surface area contributed by atoms with Gasteiger partial charge in [-0.25, -0.2) is 0 Å². The van der Waals surface area contributed by atoms with Crippen molar-refractivity contribution in [1.82, 2.24) is 9.80 Å². The molecule has 2 aliphatic rings. The Morgan fingerprint density at radius 1 is 1.10 bits per heavy atom. The van der Waals surface area contributed by atoms with Gasteiger partial charge < -0.3 is 14.5 Å². The fourth-order valence-electron chi connectivity index (χ4n) is 4.77. The average molecular weight is 415 g/mol. The number of carbonyl (C=O) groups is 2. The third-order valence-electron chi connectivity index (χ3n) is 6.75. The highest BCUT2D eigenvalue weighted by molar-refractivity contribution is 5.96. The first-order valence-corrected chi connectivity index (χ1v) is 11.7. The van der Waals surface area contributed by atoms with E-state index in [0.717, 1.165) is 31.7 Å². The molecule has 1 heterocycles. The first-order chi connectivity index (χ1) is 14.5. The summed E-state index contributed by atoms with van der Waals surface area (Å²) in [6.07, 6.45) is 8.64. The van der Waals surface area contributed by atoms with Gasteiger partial charge in [0.25, 0.3) is 5.91 Å². The van der Waals surface area contributed by atoms with Gasteiger partial charge in [0.05, 0.1) is 11.6 Å². The highest BCUT2D eigenvalue weighted by Crippen LogP contribution is 2.29. The number of hydrogen-bond acceptors (Lipinski definition) is 3. The molecule has 1 saturated carbocycles. The second-order valence-electron chi connectivity index (χ2n) is 9.33. The minimum absolute atomic E-state index is 0.00299. The Balaban J connectivity index is 1.77. The van der Waals surface area contributed by atoms with Crippen LogP contribution in [0.25, 0.3) is 0 Å². The number of ether oxygens (including phenoxy) is 1. The molecular weight excluding hydrogens is 376 g/mol. The number of benzene rings is 1. The summed E-state index contributed by atoms with van der Waals surface area (Å²) < 4.78 is 6.17. The maximum Gasteiger partial charge on any atom is 0.257 e. The van der Waals surface area contributed by atoms with Crippen molar-refractivity contribution >= 4 is 11.8 Å². The second-order valence-corrected chi connectivity index (χ2v) is 9.33. The number of rotatable bonds is 4. The Labute approximate surface area is 181 Å². The maximum absolute atomic E-state index is 13.3. The van der Waals surface area contributed by atoms with Crippen LogP contribution in [0.2, 0.25) is 0 Å². The molecule has 1 atom stereocenters. The van der Waals surface area contributed by atoms with E-state index in [1.807, 2.05) is 31.3 Å². The third-order valence-corrected chi connectivity index (χ3v) is 6.75. The van der Waals surface area contributed by atoms with Gasteiger partial charge in [-0.2, -0.15) is 0 Å². The van der Waals surface area contributed by atoms with Crippen molar-refractivity contribution in [3.8, 4) is 5.75 Å². The Morgan fingerprint density at radius 3 is 2.53 bits per heavy atom. The Kier molecular flexibility index (Phi) is 8.17. The van der Waals surface area contributed by atoms with Crippen LogP contribution in [0.15, 0.2) is 24.3 Å². The molecule has 5 heteroatoms. The van der Waals surface area contributed by atoms with E-state index in [4.69, 9.17) is 4.74 Å². The van der Waals surface area contributed by atoms with Gasteiger partial charge in [-0.05, 0) is 43.2 Å². The summed E-state index contributed by atoms with van der Waals surface area (Å²) >= 11 is 0. The topological polar surface area (TPSA) is 49.9 Å². The van der Waals surface area contributed by atoms with E-state index in [1.54, 1.807) is 4.90 Å². The van der Waals surface area contributed by atoms with Crippen LogP contribution in [0, 0.1) is 11.8 Å². The minimum Gasteiger partial charge on any atom is -0.491 e. The van der Waals surface area contributed by atoms with Crippen LogP contribution >= 0.6 is 0 Å². The van der Waals surface area contributed by atoms with Gasteiger partial charge in [0.15, 0.2) is 0 Å². The van der Waals surface area contributed by atoms with Gasteiger partial charge in [0, 0.05) is 26.6 Å². The van der Waals surface area contributed by atoms with Gasteiger partial charge >= 0.3 is 0 Å². The zero-order valence-electron chi connectivity index (χ0n) is 18.9. The number of fused-ring (bicyclic) bond motifs is 1. The van der Waals surface area contributed by atoms with Crippen molar-refractivity contribution in [2.24, 2.45) is 11.8 Å². The summed E-state index contributed by atoms with van der Waals surface area (Å²) in [6.45, 7) is 6.15. The lowest BCUT2D eigenvalue weighted by Crippen LogP contribution is -2.47. The van der Waals surface area contributed by atoms with Gasteiger partial charge in [0.1, 0.15) is 12.4 Å². The van der Waals surface area contributed by atoms with Crippen molar-refractivity contribution in [3.05, 3.63) is 29.8 Å². The van der Waals surface area contributed by atoms with Gasteiger partial charge in [-0.3, -0.25) is 9.59 Å². The molecular formula is C25H38N2O3. The lowest BCUT2D eigenvalue weighted by atomic mass is 9.98. The highest BCUT2D eigenvalue weighted by Gasteiger charge is 2.29. The molecule has 0 spiro atoms. The summed E-state index contributed by atoms with van der Waals surface area (Å²) in [7, 11) is 1.84. The molecule has 166 valence electrons. The smallest absolute Gasteiger partial charge is 0.257 e. The molecule has 1 aromatic carbocycles. The SMILES string of the molecule is CC(C)[C@H]1COc2ccccc2C(=O)N(C)CCCCN1C(=O)CCC1CCCC1. The molecule has 1 fully saturated rings. The molecule has 1 aliphatic heterocycles. The van der Waals surface area contributed by atoms with E-state index in [0.29, 0.717) is 30.9 Å². The molecule has 1 aliphatic carbocycles. The quantitative estimate of drug-likeness (QED) is 0.714. The first kappa shape index (κ1) is 22.6. The summed E-state index contributed by atoms with van der Waals surface area (Å²) in [5.74, 6) is 1.88.